The first-order chi connectivity index (χ1) is 7.65. The third kappa shape index (κ3) is 1.32. The fourth-order valence-electron chi connectivity index (χ4n) is 1.05. The minimum Gasteiger partial charge on any atom is -0.263 e. The third-order valence-corrected chi connectivity index (χ3v) is 2.08. The molecule has 0 radical (unpaired) electrons. The smallest absolute Gasteiger partial charge is 0.263 e. The zero-order valence-corrected chi connectivity index (χ0v) is 7.60. The highest BCUT2D eigenvalue weighted by Gasteiger charge is 2.94. The van der Waals surface area contributed by atoms with E-state index in [0.717, 1.165) is 0 Å². The molecule has 1 aliphatic rings. The van der Waals surface area contributed by atoms with Gasteiger partial charge < -0.3 is 0 Å². The van der Waals surface area contributed by atoms with Crippen LogP contribution in [0.3, 0.4) is 0 Å². The van der Waals surface area contributed by atoms with Crippen molar-refractivity contribution in [2.75, 3.05) is 0 Å². The lowest BCUT2D eigenvalue weighted by atomic mass is 9.93. The molecule has 1 atom stereocenters. The summed E-state index contributed by atoms with van der Waals surface area (Å²) in [6.45, 7) is 0. The lowest BCUT2D eigenvalue weighted by Gasteiger charge is -2.45. The summed E-state index contributed by atoms with van der Waals surface area (Å²) in [6, 6.07) is -4.10. The summed E-state index contributed by atoms with van der Waals surface area (Å²) in [5.41, 5.74) is 0. The quantitative estimate of drug-likeness (QED) is 0.549. The molecule has 106 valence electrons. The molecule has 2 nitrogen and oxygen atoms in total. The van der Waals surface area contributed by atoms with Gasteiger partial charge in [-0.25, -0.2) is 0 Å². The Kier molecular flexibility index (Phi) is 2.73. The first-order valence-corrected chi connectivity index (χ1v) is 3.75. The van der Waals surface area contributed by atoms with E-state index in [1.807, 2.05) is 4.74 Å². The van der Waals surface area contributed by atoms with Crippen LogP contribution in [0, 0.1) is 0 Å². The Balaban J connectivity index is 3.57. The van der Waals surface area contributed by atoms with Crippen LogP contribution < -0.4 is 0 Å². The van der Waals surface area contributed by atoms with Crippen LogP contribution in [-0.2, 0) is 9.53 Å². The molecule has 1 saturated heterocycles. The molecule has 0 aromatic heterocycles. The SMILES string of the molecule is O=C(F)C1(F)OC(F)(F)C(F)(F)C(F)(F)C1(F)F. The Labute approximate surface area is 90.5 Å². The topological polar surface area (TPSA) is 26.3 Å². The second-order valence-corrected chi connectivity index (χ2v) is 3.21. The number of rotatable bonds is 1. The average molecular weight is 294 g/mol. The first-order valence-electron chi connectivity index (χ1n) is 3.75. The van der Waals surface area contributed by atoms with Gasteiger partial charge in [0.15, 0.2) is 0 Å². The molecular formula is C6F10O2. The van der Waals surface area contributed by atoms with Crippen LogP contribution >= 0.6 is 0 Å². The molecule has 0 aromatic carbocycles. The van der Waals surface area contributed by atoms with Crippen molar-refractivity contribution in [3.63, 3.8) is 0 Å². The summed E-state index contributed by atoms with van der Waals surface area (Å²) in [5.74, 6) is -27.0. The second kappa shape index (κ2) is 3.27. The maximum Gasteiger partial charge on any atom is 0.429 e. The lowest BCUT2D eigenvalue weighted by molar-refractivity contribution is -0.525. The lowest BCUT2D eigenvalue weighted by Crippen LogP contribution is -2.77. The Morgan fingerprint density at radius 2 is 1.11 bits per heavy atom. The van der Waals surface area contributed by atoms with Crippen LogP contribution in [0.1, 0.15) is 0 Å². The van der Waals surface area contributed by atoms with Gasteiger partial charge in [-0.05, 0) is 0 Å². The van der Waals surface area contributed by atoms with Crippen molar-refractivity contribution in [2.45, 2.75) is 29.7 Å². The average Bonchev–Trinajstić information content (AvgIpc) is 2.13. The molecule has 1 rings (SSSR count). The van der Waals surface area contributed by atoms with Gasteiger partial charge >= 0.3 is 35.8 Å². The van der Waals surface area contributed by atoms with Gasteiger partial charge in [-0.3, -0.25) is 9.53 Å². The standard InChI is InChI=1S/C6F10O2/c7-1(17)2(8)3(9,10)4(11,12)5(13,14)6(15,16)18-2. The van der Waals surface area contributed by atoms with Crippen molar-refractivity contribution in [1.29, 1.82) is 0 Å². The number of hydrogen-bond acceptors (Lipinski definition) is 2. The Hall–Kier alpha value is -1.07. The molecular weight excluding hydrogens is 294 g/mol. The summed E-state index contributed by atoms with van der Waals surface area (Å²) in [5, 5.41) is 0. The van der Waals surface area contributed by atoms with Gasteiger partial charge in [-0.2, -0.15) is 43.9 Å². The molecule has 12 heteroatoms. The van der Waals surface area contributed by atoms with Crippen LogP contribution in [0.2, 0.25) is 0 Å². The molecule has 1 fully saturated rings. The maximum absolute atomic E-state index is 12.8. The minimum absolute atomic E-state index is 1.98. The summed E-state index contributed by atoms with van der Waals surface area (Å²) in [4.78, 5) is 9.76. The van der Waals surface area contributed by atoms with E-state index < -0.39 is 35.8 Å². The molecule has 0 amide bonds. The normalized spacial score (nSPS) is 36.1. The van der Waals surface area contributed by atoms with E-state index in [9.17, 15) is 48.7 Å². The summed E-state index contributed by atoms with van der Waals surface area (Å²) in [7, 11) is 0. The van der Waals surface area contributed by atoms with Gasteiger partial charge in [0.2, 0.25) is 0 Å². The van der Waals surface area contributed by atoms with Gasteiger partial charge in [0, 0.05) is 0 Å². The highest BCUT2D eigenvalue weighted by atomic mass is 19.4. The fraction of sp³-hybridized carbons (Fsp3) is 0.833. The Morgan fingerprint density at radius 1 is 0.722 bits per heavy atom. The van der Waals surface area contributed by atoms with Crippen LogP contribution in [0.15, 0.2) is 0 Å². The van der Waals surface area contributed by atoms with Gasteiger partial charge in [0.25, 0.3) is 0 Å². The van der Waals surface area contributed by atoms with Crippen LogP contribution in [0.5, 0.6) is 0 Å². The van der Waals surface area contributed by atoms with E-state index in [1.165, 1.54) is 0 Å². The molecule has 0 N–H and O–H groups in total. The van der Waals surface area contributed by atoms with Gasteiger partial charge in [0.1, 0.15) is 0 Å². The van der Waals surface area contributed by atoms with Crippen molar-refractivity contribution in [3.8, 4) is 0 Å². The molecule has 0 saturated carbocycles. The van der Waals surface area contributed by atoms with Gasteiger partial charge in [-0.15, -0.1) is 0 Å². The van der Waals surface area contributed by atoms with Gasteiger partial charge in [0.05, 0.1) is 0 Å². The molecule has 0 bridgehead atoms. The molecule has 0 aliphatic carbocycles. The summed E-state index contributed by atoms with van der Waals surface area (Å²) in [6.07, 6.45) is -6.52. The Bertz CT molecular complexity index is 390. The number of hydrogen-bond donors (Lipinski definition) is 0. The maximum atomic E-state index is 12.8. The largest absolute Gasteiger partial charge is 0.429 e. The number of carbonyl (C=O) groups excluding carboxylic acids is 1. The molecule has 1 aliphatic heterocycles. The molecule has 0 aromatic rings. The van der Waals surface area contributed by atoms with E-state index in [2.05, 4.69) is 0 Å². The van der Waals surface area contributed by atoms with E-state index in [1.54, 1.807) is 0 Å². The van der Waals surface area contributed by atoms with Crippen LogP contribution in [-0.4, -0.2) is 35.8 Å². The predicted octanol–water partition coefficient (Wildman–Crippen LogP) is 2.68. The third-order valence-electron chi connectivity index (χ3n) is 2.08. The molecule has 18 heavy (non-hydrogen) atoms. The number of ether oxygens (including phenoxy) is 1. The van der Waals surface area contributed by atoms with Crippen LogP contribution in [0.25, 0.3) is 0 Å². The monoisotopic (exact) mass is 294 g/mol. The van der Waals surface area contributed by atoms with Crippen LogP contribution in [0.4, 0.5) is 43.9 Å². The van der Waals surface area contributed by atoms with E-state index in [-0.39, 0.29) is 0 Å². The summed E-state index contributed by atoms with van der Waals surface area (Å²) >= 11 is 0. The summed E-state index contributed by atoms with van der Waals surface area (Å²) < 4.78 is 126. The Morgan fingerprint density at radius 3 is 1.44 bits per heavy atom. The van der Waals surface area contributed by atoms with Gasteiger partial charge in [-0.1, -0.05) is 0 Å². The number of halogens is 10. The second-order valence-electron chi connectivity index (χ2n) is 3.21. The molecule has 1 heterocycles. The highest BCUT2D eigenvalue weighted by molar-refractivity contribution is 5.78. The van der Waals surface area contributed by atoms with E-state index in [4.69, 9.17) is 0 Å². The van der Waals surface area contributed by atoms with E-state index >= 15 is 0 Å². The minimum atomic E-state index is -7.06. The van der Waals surface area contributed by atoms with Crippen molar-refractivity contribution in [2.24, 2.45) is 0 Å². The molecule has 1 unspecified atom stereocenters. The van der Waals surface area contributed by atoms with Crippen molar-refractivity contribution in [1.82, 2.24) is 0 Å². The van der Waals surface area contributed by atoms with Crippen molar-refractivity contribution < 1.29 is 53.4 Å². The number of alkyl halides is 9. The van der Waals surface area contributed by atoms with Crippen molar-refractivity contribution >= 4 is 6.04 Å². The predicted molar refractivity (Wildman–Crippen MR) is 30.8 cm³/mol. The number of carbonyl (C=O) groups is 1. The van der Waals surface area contributed by atoms with Crippen molar-refractivity contribution in [3.05, 3.63) is 0 Å². The highest BCUT2D eigenvalue weighted by Crippen LogP contribution is 2.62. The zero-order chi connectivity index (χ0) is 14.8. The fourth-order valence-corrected chi connectivity index (χ4v) is 1.05. The molecule has 0 spiro atoms. The van der Waals surface area contributed by atoms with E-state index in [0.29, 0.717) is 0 Å². The first kappa shape index (κ1) is 15.0. The zero-order valence-electron chi connectivity index (χ0n) is 7.60.